The van der Waals surface area contributed by atoms with Gasteiger partial charge in [-0.15, -0.1) is 0 Å². The van der Waals surface area contributed by atoms with Gasteiger partial charge in [-0.25, -0.2) is 4.98 Å². The van der Waals surface area contributed by atoms with Crippen molar-refractivity contribution in [2.24, 2.45) is 5.73 Å². The van der Waals surface area contributed by atoms with Crippen molar-refractivity contribution in [1.29, 1.82) is 0 Å². The summed E-state index contributed by atoms with van der Waals surface area (Å²) < 4.78 is 5.24. The summed E-state index contributed by atoms with van der Waals surface area (Å²) in [6.07, 6.45) is 3.61. The van der Waals surface area contributed by atoms with Gasteiger partial charge in [0, 0.05) is 25.3 Å². The number of pyridine rings is 1. The Hall–Kier alpha value is -1.00. The summed E-state index contributed by atoms with van der Waals surface area (Å²) in [7, 11) is 1.61. The van der Waals surface area contributed by atoms with Gasteiger partial charge in [-0.2, -0.15) is 0 Å². The number of nitrogens with two attached hydrogens (primary N) is 1. The molecule has 0 atom stereocenters. The molecule has 0 amide bonds. The second-order valence-electron chi connectivity index (χ2n) is 3.98. The first-order valence-electron chi connectivity index (χ1n) is 5.41. The molecule has 1 aliphatic rings. The molecule has 1 saturated heterocycles. The molecule has 0 unspecified atom stereocenters. The zero-order chi connectivity index (χ0) is 11.5. The number of methoxy groups -OCH3 is 1. The summed E-state index contributed by atoms with van der Waals surface area (Å²) in [5.41, 5.74) is 6.76. The van der Waals surface area contributed by atoms with Gasteiger partial charge in [0.2, 0.25) is 5.88 Å². The number of aromatic nitrogens is 1. The van der Waals surface area contributed by atoms with Crippen LogP contribution in [0.25, 0.3) is 0 Å². The highest BCUT2D eigenvalue weighted by Crippen LogP contribution is 2.34. The van der Waals surface area contributed by atoms with E-state index in [1.807, 2.05) is 0 Å². The van der Waals surface area contributed by atoms with Crippen molar-refractivity contribution in [3.05, 3.63) is 17.3 Å². The number of anilines is 1. The normalized spacial score (nSPS) is 17.6. The molecule has 1 aromatic heterocycles. The zero-order valence-electron chi connectivity index (χ0n) is 9.32. The van der Waals surface area contributed by atoms with E-state index in [9.17, 15) is 0 Å². The van der Waals surface area contributed by atoms with E-state index in [0.717, 1.165) is 31.6 Å². The Labute approximate surface area is 100 Å². The molecule has 2 N–H and O–H groups in total. The van der Waals surface area contributed by atoms with E-state index in [4.69, 9.17) is 22.1 Å². The maximum atomic E-state index is 6.18. The van der Waals surface area contributed by atoms with Crippen LogP contribution >= 0.6 is 11.6 Å². The molecular weight excluding hydrogens is 226 g/mol. The van der Waals surface area contributed by atoms with E-state index in [0.29, 0.717) is 16.9 Å². The van der Waals surface area contributed by atoms with Crippen molar-refractivity contribution < 1.29 is 4.74 Å². The van der Waals surface area contributed by atoms with Gasteiger partial charge >= 0.3 is 0 Å². The maximum Gasteiger partial charge on any atom is 0.238 e. The van der Waals surface area contributed by atoms with Gasteiger partial charge < -0.3 is 15.4 Å². The molecule has 1 aromatic rings. The van der Waals surface area contributed by atoms with Crippen LogP contribution in [0, 0.1) is 0 Å². The third-order valence-corrected chi connectivity index (χ3v) is 3.20. The molecule has 16 heavy (non-hydrogen) atoms. The molecule has 1 fully saturated rings. The lowest BCUT2D eigenvalue weighted by molar-refractivity contribution is 0.394. The van der Waals surface area contributed by atoms with Crippen molar-refractivity contribution in [1.82, 2.24) is 4.98 Å². The topological polar surface area (TPSA) is 51.4 Å². The van der Waals surface area contributed by atoms with Gasteiger partial charge in [0.05, 0.1) is 12.1 Å². The maximum absolute atomic E-state index is 6.18. The summed E-state index contributed by atoms with van der Waals surface area (Å²) in [6.45, 7) is 1.81. The minimum absolute atomic E-state index is 0.303. The van der Waals surface area contributed by atoms with Crippen LogP contribution in [0.1, 0.15) is 12.8 Å². The summed E-state index contributed by atoms with van der Waals surface area (Å²) in [6, 6.07) is 2.09. The van der Waals surface area contributed by atoms with E-state index in [2.05, 4.69) is 9.88 Å². The molecule has 0 saturated carbocycles. The number of hydrogen-bond acceptors (Lipinski definition) is 4. The Morgan fingerprint density at radius 2 is 2.19 bits per heavy atom. The molecule has 4 nitrogen and oxygen atoms in total. The molecule has 1 aliphatic heterocycles. The Bertz CT molecular complexity index is 364. The standard InChI is InChI=1S/C11H16ClN3O/c1-16-11-10(9(12)2-5-14-11)15-6-3-8(13)4-7-15/h2,5,8H,3-4,6-7,13H2,1H3. The van der Waals surface area contributed by atoms with Crippen molar-refractivity contribution in [3.8, 4) is 5.88 Å². The molecular formula is C11H16ClN3O. The van der Waals surface area contributed by atoms with E-state index in [1.54, 1.807) is 19.4 Å². The number of piperidine rings is 1. The van der Waals surface area contributed by atoms with Crippen LogP contribution in [0.4, 0.5) is 5.69 Å². The first kappa shape index (κ1) is 11.5. The van der Waals surface area contributed by atoms with Gasteiger partial charge in [0.1, 0.15) is 5.69 Å². The third kappa shape index (κ3) is 2.23. The minimum atomic E-state index is 0.303. The van der Waals surface area contributed by atoms with Crippen LogP contribution in [-0.2, 0) is 0 Å². The number of ether oxygens (including phenoxy) is 1. The molecule has 0 radical (unpaired) electrons. The average molecular weight is 242 g/mol. The number of halogens is 1. The molecule has 0 spiro atoms. The summed E-state index contributed by atoms with van der Waals surface area (Å²) >= 11 is 6.18. The number of nitrogens with zero attached hydrogens (tertiary/aromatic N) is 2. The number of hydrogen-bond donors (Lipinski definition) is 1. The predicted octanol–water partition coefficient (Wildman–Crippen LogP) is 1.67. The van der Waals surface area contributed by atoms with E-state index in [-0.39, 0.29) is 0 Å². The Morgan fingerprint density at radius 3 is 2.81 bits per heavy atom. The largest absolute Gasteiger partial charge is 0.479 e. The van der Waals surface area contributed by atoms with Crippen molar-refractivity contribution in [2.45, 2.75) is 18.9 Å². The average Bonchev–Trinajstić information content (AvgIpc) is 2.30. The minimum Gasteiger partial charge on any atom is -0.479 e. The monoisotopic (exact) mass is 241 g/mol. The lowest BCUT2D eigenvalue weighted by atomic mass is 10.1. The van der Waals surface area contributed by atoms with Crippen LogP contribution in [0.2, 0.25) is 5.02 Å². The molecule has 2 heterocycles. The first-order chi connectivity index (χ1) is 7.72. The molecule has 2 rings (SSSR count). The lowest BCUT2D eigenvalue weighted by Crippen LogP contribution is -2.40. The smallest absolute Gasteiger partial charge is 0.238 e. The van der Waals surface area contributed by atoms with Crippen LogP contribution in [0.15, 0.2) is 12.3 Å². The molecule has 0 aromatic carbocycles. The van der Waals surface area contributed by atoms with Gasteiger partial charge in [-0.3, -0.25) is 0 Å². The quantitative estimate of drug-likeness (QED) is 0.856. The van der Waals surface area contributed by atoms with Crippen molar-refractivity contribution in [2.75, 3.05) is 25.1 Å². The second kappa shape index (κ2) is 4.89. The van der Waals surface area contributed by atoms with Crippen molar-refractivity contribution >= 4 is 17.3 Å². The zero-order valence-corrected chi connectivity index (χ0v) is 10.1. The Morgan fingerprint density at radius 1 is 1.50 bits per heavy atom. The highest BCUT2D eigenvalue weighted by atomic mass is 35.5. The third-order valence-electron chi connectivity index (χ3n) is 2.89. The summed E-state index contributed by atoms with van der Waals surface area (Å²) in [5, 5.41) is 0.683. The summed E-state index contributed by atoms with van der Waals surface area (Å²) in [5.74, 6) is 0.586. The fourth-order valence-corrected chi connectivity index (χ4v) is 2.23. The van der Waals surface area contributed by atoms with Gasteiger partial charge in [0.25, 0.3) is 0 Å². The van der Waals surface area contributed by atoms with Crippen LogP contribution in [0.3, 0.4) is 0 Å². The van der Waals surface area contributed by atoms with Gasteiger partial charge in [-0.1, -0.05) is 11.6 Å². The van der Waals surface area contributed by atoms with Gasteiger partial charge in [0.15, 0.2) is 0 Å². The van der Waals surface area contributed by atoms with E-state index in [1.165, 1.54) is 0 Å². The van der Waals surface area contributed by atoms with Crippen LogP contribution in [0.5, 0.6) is 5.88 Å². The van der Waals surface area contributed by atoms with Crippen LogP contribution in [-0.4, -0.2) is 31.2 Å². The first-order valence-corrected chi connectivity index (χ1v) is 5.79. The molecule has 0 aliphatic carbocycles. The Kier molecular flexibility index (Phi) is 3.51. The van der Waals surface area contributed by atoms with Crippen LogP contribution < -0.4 is 15.4 Å². The van der Waals surface area contributed by atoms with Crippen molar-refractivity contribution in [3.63, 3.8) is 0 Å². The molecule has 0 bridgehead atoms. The lowest BCUT2D eigenvalue weighted by Gasteiger charge is -2.32. The summed E-state index contributed by atoms with van der Waals surface area (Å²) in [4.78, 5) is 6.36. The SMILES string of the molecule is COc1nccc(Cl)c1N1CCC(N)CC1. The molecule has 5 heteroatoms. The Balaban J connectivity index is 2.25. The highest BCUT2D eigenvalue weighted by Gasteiger charge is 2.21. The number of rotatable bonds is 2. The van der Waals surface area contributed by atoms with Gasteiger partial charge in [-0.05, 0) is 18.9 Å². The predicted molar refractivity (Wildman–Crippen MR) is 65.2 cm³/mol. The fraction of sp³-hybridized carbons (Fsp3) is 0.545. The second-order valence-corrected chi connectivity index (χ2v) is 4.38. The molecule has 88 valence electrons. The highest BCUT2D eigenvalue weighted by molar-refractivity contribution is 6.33. The fourth-order valence-electron chi connectivity index (χ4n) is 1.97. The van der Waals surface area contributed by atoms with E-state index >= 15 is 0 Å². The van der Waals surface area contributed by atoms with E-state index < -0.39 is 0 Å².